The number of ether oxygens (including phenoxy) is 2. The third-order valence-corrected chi connectivity index (χ3v) is 4.76. The summed E-state index contributed by atoms with van der Waals surface area (Å²) in [6, 6.07) is 26.1. The van der Waals surface area contributed by atoms with Gasteiger partial charge in [-0.25, -0.2) is 9.59 Å². The van der Waals surface area contributed by atoms with E-state index in [0.29, 0.717) is 23.3 Å². The van der Waals surface area contributed by atoms with E-state index in [1.807, 2.05) is 37.3 Å². The number of para-hydroxylation sites is 1. The fourth-order valence-electron chi connectivity index (χ4n) is 3.08. The lowest BCUT2D eigenvalue weighted by Gasteiger charge is -2.27. The normalized spacial score (nSPS) is 12.4. The second-order valence-electron chi connectivity index (χ2n) is 7.20. The molecule has 0 heterocycles. The second kappa shape index (κ2) is 12.3. The van der Waals surface area contributed by atoms with Crippen molar-refractivity contribution in [3.8, 4) is 5.75 Å². The molecule has 32 heavy (non-hydrogen) atoms. The predicted molar refractivity (Wildman–Crippen MR) is 121 cm³/mol. The van der Waals surface area contributed by atoms with Crippen LogP contribution in [-0.2, 0) is 9.47 Å². The van der Waals surface area contributed by atoms with Gasteiger partial charge in [0.25, 0.3) is 0 Å². The van der Waals surface area contributed by atoms with Gasteiger partial charge in [0.15, 0.2) is 0 Å². The van der Waals surface area contributed by atoms with Crippen LogP contribution in [-0.4, -0.2) is 30.7 Å². The molecule has 2 atom stereocenters. The van der Waals surface area contributed by atoms with E-state index in [4.69, 9.17) is 14.3 Å². The van der Waals surface area contributed by atoms with E-state index < -0.39 is 24.1 Å². The maximum atomic E-state index is 12.7. The molecule has 0 aliphatic heterocycles. The number of carbonyl (C=O) groups excluding carboxylic acids is 2. The minimum Gasteiger partial charge on any atom is -0.460 e. The predicted octanol–water partition coefficient (Wildman–Crippen LogP) is 4.82. The van der Waals surface area contributed by atoms with Crippen molar-refractivity contribution in [2.75, 3.05) is 6.61 Å². The fraction of sp³-hybridized carbons (Fsp3) is 0.231. The summed E-state index contributed by atoms with van der Waals surface area (Å²) in [4.78, 5) is 30.8. The zero-order valence-electron chi connectivity index (χ0n) is 18.0. The molecule has 0 aromatic heterocycles. The zero-order chi connectivity index (χ0) is 22.6. The Morgan fingerprint density at radius 1 is 0.781 bits per heavy atom. The molecule has 0 saturated carbocycles. The van der Waals surface area contributed by atoms with Crippen LogP contribution in [0.3, 0.4) is 0 Å². The summed E-state index contributed by atoms with van der Waals surface area (Å²) in [5.41, 5.74) is 3.83. The first-order valence-electron chi connectivity index (χ1n) is 10.6. The summed E-state index contributed by atoms with van der Waals surface area (Å²) < 4.78 is 11.3. The smallest absolute Gasteiger partial charge is 0.338 e. The van der Waals surface area contributed by atoms with Crippen molar-refractivity contribution in [3.63, 3.8) is 0 Å². The quantitative estimate of drug-likeness (QED) is 0.345. The minimum absolute atomic E-state index is 0.0344. The Balaban J connectivity index is 1.72. The lowest BCUT2D eigenvalue weighted by atomic mass is 10.1. The van der Waals surface area contributed by atoms with Crippen LogP contribution in [0, 0.1) is 0 Å². The van der Waals surface area contributed by atoms with Crippen molar-refractivity contribution in [2.24, 2.45) is 0 Å². The second-order valence-corrected chi connectivity index (χ2v) is 7.20. The molecule has 0 unspecified atom stereocenters. The first kappa shape index (κ1) is 23.0. The van der Waals surface area contributed by atoms with Gasteiger partial charge in [-0.3, -0.25) is 0 Å². The van der Waals surface area contributed by atoms with Gasteiger partial charge >= 0.3 is 11.9 Å². The number of hydroxylamine groups is 1. The molecule has 0 bridgehead atoms. The first-order valence-corrected chi connectivity index (χ1v) is 10.6. The van der Waals surface area contributed by atoms with Crippen molar-refractivity contribution in [2.45, 2.75) is 31.9 Å². The van der Waals surface area contributed by atoms with E-state index in [1.54, 1.807) is 60.7 Å². The van der Waals surface area contributed by atoms with Crippen LogP contribution in [0.1, 0.15) is 40.5 Å². The molecule has 0 fully saturated rings. The maximum Gasteiger partial charge on any atom is 0.338 e. The third-order valence-electron chi connectivity index (χ3n) is 4.76. The van der Waals surface area contributed by atoms with E-state index in [1.165, 1.54) is 0 Å². The highest BCUT2D eigenvalue weighted by Crippen LogP contribution is 2.15. The Bertz CT molecular complexity index is 963. The third kappa shape index (κ3) is 6.96. The SMILES string of the molecule is CCC[C@@H](OC(=O)c1ccccc1)[C@H](COC(=O)c1ccccc1)NOc1ccccc1. The summed E-state index contributed by atoms with van der Waals surface area (Å²) in [6.45, 7) is 1.96. The van der Waals surface area contributed by atoms with Crippen LogP contribution in [0.15, 0.2) is 91.0 Å². The zero-order valence-corrected chi connectivity index (χ0v) is 18.0. The van der Waals surface area contributed by atoms with Crippen LogP contribution in [0.5, 0.6) is 5.75 Å². The van der Waals surface area contributed by atoms with Crippen molar-refractivity contribution in [1.29, 1.82) is 0 Å². The van der Waals surface area contributed by atoms with Gasteiger partial charge in [-0.15, -0.1) is 5.48 Å². The molecule has 0 saturated heterocycles. The Kier molecular flexibility index (Phi) is 8.83. The van der Waals surface area contributed by atoms with Crippen molar-refractivity contribution < 1.29 is 23.9 Å². The largest absolute Gasteiger partial charge is 0.460 e. The fourth-order valence-corrected chi connectivity index (χ4v) is 3.08. The van der Waals surface area contributed by atoms with Gasteiger partial charge in [0.2, 0.25) is 0 Å². The van der Waals surface area contributed by atoms with Crippen LogP contribution < -0.4 is 10.3 Å². The lowest BCUT2D eigenvalue weighted by Crippen LogP contribution is -2.47. The number of carbonyl (C=O) groups is 2. The first-order chi connectivity index (χ1) is 15.7. The highest BCUT2D eigenvalue weighted by atomic mass is 16.7. The Labute approximate surface area is 188 Å². The van der Waals surface area contributed by atoms with Gasteiger partial charge in [-0.1, -0.05) is 67.9 Å². The number of nitrogens with one attached hydrogen (secondary N) is 1. The van der Waals surface area contributed by atoms with Crippen LogP contribution in [0.25, 0.3) is 0 Å². The van der Waals surface area contributed by atoms with E-state index in [2.05, 4.69) is 5.48 Å². The molecule has 0 radical (unpaired) electrons. The highest BCUT2D eigenvalue weighted by Gasteiger charge is 2.28. The molecule has 3 aromatic carbocycles. The monoisotopic (exact) mass is 433 g/mol. The van der Waals surface area contributed by atoms with Crippen molar-refractivity contribution in [1.82, 2.24) is 5.48 Å². The van der Waals surface area contributed by atoms with Gasteiger partial charge in [0.05, 0.1) is 11.1 Å². The van der Waals surface area contributed by atoms with E-state index in [0.717, 1.165) is 6.42 Å². The molecule has 0 aliphatic rings. The van der Waals surface area contributed by atoms with Crippen LogP contribution in [0.2, 0.25) is 0 Å². The Hall–Kier alpha value is -3.64. The summed E-state index contributed by atoms with van der Waals surface area (Å²) in [5.74, 6) is -0.303. The van der Waals surface area contributed by atoms with Gasteiger partial charge in [0, 0.05) is 0 Å². The highest BCUT2D eigenvalue weighted by molar-refractivity contribution is 5.90. The Morgan fingerprint density at radius 2 is 1.31 bits per heavy atom. The molecular formula is C26H27NO5. The molecule has 1 N–H and O–H groups in total. The van der Waals surface area contributed by atoms with E-state index in [-0.39, 0.29) is 6.61 Å². The number of esters is 2. The molecular weight excluding hydrogens is 406 g/mol. The van der Waals surface area contributed by atoms with Crippen molar-refractivity contribution in [3.05, 3.63) is 102 Å². The van der Waals surface area contributed by atoms with Crippen LogP contribution in [0.4, 0.5) is 0 Å². The average Bonchev–Trinajstić information content (AvgIpc) is 2.85. The van der Waals surface area contributed by atoms with Gasteiger partial charge in [-0.05, 0) is 42.8 Å². The average molecular weight is 434 g/mol. The number of benzene rings is 3. The molecule has 6 nitrogen and oxygen atoms in total. The van der Waals surface area contributed by atoms with Gasteiger partial charge in [-0.2, -0.15) is 0 Å². The van der Waals surface area contributed by atoms with Gasteiger partial charge < -0.3 is 14.3 Å². The van der Waals surface area contributed by atoms with Gasteiger partial charge in [0.1, 0.15) is 24.5 Å². The Morgan fingerprint density at radius 3 is 1.88 bits per heavy atom. The molecule has 0 amide bonds. The number of rotatable bonds is 11. The summed E-state index contributed by atoms with van der Waals surface area (Å²) in [5, 5.41) is 0. The minimum atomic E-state index is -0.574. The summed E-state index contributed by atoms with van der Waals surface area (Å²) in [7, 11) is 0. The molecule has 3 aromatic rings. The summed E-state index contributed by atoms with van der Waals surface area (Å²) in [6.07, 6.45) is 0.764. The van der Waals surface area contributed by atoms with Crippen LogP contribution >= 0.6 is 0 Å². The summed E-state index contributed by atoms with van der Waals surface area (Å²) >= 11 is 0. The standard InChI is InChI=1S/C26H27NO5/c1-2-12-24(31-26(29)21-15-8-4-9-16-21)23(27-32-22-17-10-5-11-18-22)19-30-25(28)20-13-6-3-7-14-20/h3-11,13-18,23-24,27H,2,12,19H2,1H3/t23-,24+/m0/s1. The van der Waals surface area contributed by atoms with Crippen molar-refractivity contribution >= 4 is 11.9 Å². The number of hydrogen-bond acceptors (Lipinski definition) is 6. The lowest BCUT2D eigenvalue weighted by molar-refractivity contribution is -0.0188. The van der Waals surface area contributed by atoms with E-state index >= 15 is 0 Å². The molecule has 6 heteroatoms. The molecule has 0 aliphatic carbocycles. The number of hydrogen-bond donors (Lipinski definition) is 1. The maximum absolute atomic E-state index is 12.7. The molecule has 0 spiro atoms. The van der Waals surface area contributed by atoms with E-state index in [9.17, 15) is 9.59 Å². The molecule has 3 rings (SSSR count). The topological polar surface area (TPSA) is 73.9 Å². The molecule has 166 valence electrons.